The van der Waals surface area contributed by atoms with Crippen LogP contribution in [0.3, 0.4) is 0 Å². The molecular formula is C22H25N5O5S. The number of nitro groups is 1. The van der Waals surface area contributed by atoms with E-state index in [1.165, 1.54) is 37.1 Å². The molecule has 3 rings (SSSR count). The summed E-state index contributed by atoms with van der Waals surface area (Å²) >= 11 is 1.27. The molecule has 1 heterocycles. The number of carbonyl (C=O) groups is 1. The summed E-state index contributed by atoms with van der Waals surface area (Å²) in [6.07, 6.45) is 1.95. The van der Waals surface area contributed by atoms with E-state index >= 15 is 0 Å². The van der Waals surface area contributed by atoms with Gasteiger partial charge in [-0.25, -0.2) is 0 Å². The van der Waals surface area contributed by atoms with Crippen LogP contribution in [0.5, 0.6) is 11.5 Å². The van der Waals surface area contributed by atoms with Gasteiger partial charge in [0.1, 0.15) is 11.5 Å². The molecule has 33 heavy (non-hydrogen) atoms. The molecule has 11 heteroatoms. The summed E-state index contributed by atoms with van der Waals surface area (Å²) in [6, 6.07) is 11.6. The maximum Gasteiger partial charge on any atom is 0.273 e. The van der Waals surface area contributed by atoms with Crippen LogP contribution in [0.15, 0.2) is 47.6 Å². The Balaban J connectivity index is 1.73. The molecule has 0 aliphatic carbocycles. The van der Waals surface area contributed by atoms with Crippen LogP contribution < -0.4 is 14.8 Å². The van der Waals surface area contributed by atoms with Crippen LogP contribution in [0, 0.1) is 10.1 Å². The van der Waals surface area contributed by atoms with Crippen LogP contribution in [-0.2, 0) is 11.3 Å². The highest BCUT2D eigenvalue weighted by molar-refractivity contribution is 7.99. The van der Waals surface area contributed by atoms with Gasteiger partial charge in [0.05, 0.1) is 36.6 Å². The highest BCUT2D eigenvalue weighted by Gasteiger charge is 2.17. The molecule has 0 fully saturated rings. The highest BCUT2D eigenvalue weighted by atomic mass is 32.2. The van der Waals surface area contributed by atoms with Gasteiger partial charge in [0.2, 0.25) is 5.91 Å². The van der Waals surface area contributed by atoms with Crippen molar-refractivity contribution in [3.8, 4) is 22.9 Å². The first-order valence-corrected chi connectivity index (χ1v) is 11.3. The third kappa shape index (κ3) is 6.01. The Morgan fingerprint density at radius 2 is 1.91 bits per heavy atom. The first kappa shape index (κ1) is 24.1. The van der Waals surface area contributed by atoms with Gasteiger partial charge < -0.3 is 19.4 Å². The third-order valence-corrected chi connectivity index (χ3v) is 5.77. The molecule has 0 aliphatic heterocycles. The largest absolute Gasteiger partial charge is 0.497 e. The number of aromatic nitrogens is 3. The SMILES string of the molecule is CCCCn1c(SCC(=O)Nc2ccc([N+](=O)[O-])cc2OC)nnc1-c1ccc(OC)cc1. The third-order valence-electron chi connectivity index (χ3n) is 4.80. The molecule has 0 saturated carbocycles. The summed E-state index contributed by atoms with van der Waals surface area (Å²) in [5, 5.41) is 23.0. The lowest BCUT2D eigenvalue weighted by Gasteiger charge is -2.11. The fourth-order valence-electron chi connectivity index (χ4n) is 3.08. The zero-order chi connectivity index (χ0) is 23.8. The molecule has 1 aromatic heterocycles. The average molecular weight is 472 g/mol. The van der Waals surface area contributed by atoms with Gasteiger partial charge in [-0.05, 0) is 36.8 Å². The molecule has 0 radical (unpaired) electrons. The summed E-state index contributed by atoms with van der Waals surface area (Å²) < 4.78 is 12.4. The average Bonchev–Trinajstić information content (AvgIpc) is 3.24. The molecule has 3 aromatic rings. The number of non-ortho nitro benzene ring substituents is 1. The highest BCUT2D eigenvalue weighted by Crippen LogP contribution is 2.30. The number of ether oxygens (including phenoxy) is 2. The number of unbranched alkanes of at least 4 members (excludes halogenated alkanes) is 1. The Labute approximate surface area is 195 Å². The van der Waals surface area contributed by atoms with Crippen molar-refractivity contribution >= 4 is 29.0 Å². The van der Waals surface area contributed by atoms with Crippen LogP contribution in [0.4, 0.5) is 11.4 Å². The van der Waals surface area contributed by atoms with Gasteiger partial charge in [-0.15, -0.1) is 10.2 Å². The molecule has 0 unspecified atom stereocenters. The fraction of sp³-hybridized carbons (Fsp3) is 0.318. The van der Waals surface area contributed by atoms with Gasteiger partial charge in [-0.3, -0.25) is 14.9 Å². The van der Waals surface area contributed by atoms with Crippen molar-refractivity contribution in [1.29, 1.82) is 0 Å². The summed E-state index contributed by atoms with van der Waals surface area (Å²) in [7, 11) is 3.01. The molecule has 10 nitrogen and oxygen atoms in total. The molecule has 0 atom stereocenters. The van der Waals surface area contributed by atoms with Crippen molar-refractivity contribution in [2.24, 2.45) is 0 Å². The van der Waals surface area contributed by atoms with Crippen LogP contribution >= 0.6 is 11.8 Å². The van der Waals surface area contributed by atoms with Gasteiger partial charge in [0, 0.05) is 18.2 Å². The van der Waals surface area contributed by atoms with E-state index in [0.29, 0.717) is 10.8 Å². The second kappa shape index (κ2) is 11.3. The van der Waals surface area contributed by atoms with Crippen molar-refractivity contribution in [3.63, 3.8) is 0 Å². The predicted octanol–water partition coefficient (Wildman–Crippen LogP) is 4.40. The molecule has 0 spiro atoms. The number of nitrogens with zero attached hydrogens (tertiary/aromatic N) is 4. The summed E-state index contributed by atoms with van der Waals surface area (Å²) in [6.45, 7) is 2.83. The fourth-order valence-corrected chi connectivity index (χ4v) is 3.84. The van der Waals surface area contributed by atoms with E-state index in [-0.39, 0.29) is 23.1 Å². The van der Waals surface area contributed by atoms with Crippen LogP contribution in [0.1, 0.15) is 19.8 Å². The van der Waals surface area contributed by atoms with E-state index in [4.69, 9.17) is 9.47 Å². The molecule has 1 amide bonds. The maximum atomic E-state index is 12.6. The van der Waals surface area contributed by atoms with Crippen LogP contribution in [0.2, 0.25) is 0 Å². The zero-order valence-corrected chi connectivity index (χ0v) is 19.4. The number of rotatable bonds is 11. The van der Waals surface area contributed by atoms with E-state index < -0.39 is 4.92 Å². The minimum atomic E-state index is -0.520. The van der Waals surface area contributed by atoms with Crippen molar-refractivity contribution in [2.45, 2.75) is 31.5 Å². The number of methoxy groups -OCH3 is 2. The molecule has 0 saturated heterocycles. The summed E-state index contributed by atoms with van der Waals surface area (Å²) in [5.74, 6) is 1.50. The minimum absolute atomic E-state index is 0.0903. The molecular weight excluding hydrogens is 446 g/mol. The molecule has 0 bridgehead atoms. The van der Waals surface area contributed by atoms with E-state index in [9.17, 15) is 14.9 Å². The lowest BCUT2D eigenvalue weighted by Crippen LogP contribution is -2.15. The second-order valence-corrected chi connectivity index (χ2v) is 7.96. The van der Waals surface area contributed by atoms with Crippen LogP contribution in [0.25, 0.3) is 11.4 Å². The van der Waals surface area contributed by atoms with E-state index in [2.05, 4.69) is 22.4 Å². The zero-order valence-electron chi connectivity index (χ0n) is 18.6. The smallest absolute Gasteiger partial charge is 0.273 e. The molecule has 0 aliphatic rings. The van der Waals surface area contributed by atoms with E-state index in [0.717, 1.165) is 36.5 Å². The lowest BCUT2D eigenvalue weighted by molar-refractivity contribution is -0.384. The topological polar surface area (TPSA) is 121 Å². The van der Waals surface area contributed by atoms with Crippen molar-refractivity contribution < 1.29 is 19.2 Å². The Morgan fingerprint density at radius 3 is 2.55 bits per heavy atom. The van der Waals surface area contributed by atoms with E-state index in [1.807, 2.05) is 28.8 Å². The number of thioether (sulfide) groups is 1. The van der Waals surface area contributed by atoms with Gasteiger partial charge in [0.15, 0.2) is 11.0 Å². The van der Waals surface area contributed by atoms with Gasteiger partial charge >= 0.3 is 0 Å². The van der Waals surface area contributed by atoms with Crippen molar-refractivity contribution in [1.82, 2.24) is 14.8 Å². The van der Waals surface area contributed by atoms with Crippen molar-refractivity contribution in [3.05, 3.63) is 52.6 Å². The quantitative estimate of drug-likeness (QED) is 0.248. The molecule has 2 aromatic carbocycles. The first-order valence-electron chi connectivity index (χ1n) is 10.3. The number of amides is 1. The Hall–Kier alpha value is -3.60. The normalized spacial score (nSPS) is 10.6. The monoisotopic (exact) mass is 471 g/mol. The number of benzene rings is 2. The summed E-state index contributed by atoms with van der Waals surface area (Å²) in [4.78, 5) is 23.0. The molecule has 174 valence electrons. The van der Waals surface area contributed by atoms with E-state index in [1.54, 1.807) is 7.11 Å². The van der Waals surface area contributed by atoms with Crippen LogP contribution in [-0.4, -0.2) is 45.6 Å². The summed E-state index contributed by atoms with van der Waals surface area (Å²) in [5.41, 5.74) is 1.15. The van der Waals surface area contributed by atoms with Gasteiger partial charge in [0.25, 0.3) is 5.69 Å². The number of hydrogen-bond donors (Lipinski definition) is 1. The number of anilines is 1. The van der Waals surface area contributed by atoms with Crippen molar-refractivity contribution in [2.75, 3.05) is 25.3 Å². The Morgan fingerprint density at radius 1 is 1.15 bits per heavy atom. The van der Waals surface area contributed by atoms with Gasteiger partial charge in [-0.2, -0.15) is 0 Å². The minimum Gasteiger partial charge on any atom is -0.497 e. The lowest BCUT2D eigenvalue weighted by atomic mass is 10.2. The number of hydrogen-bond acceptors (Lipinski definition) is 8. The Kier molecular flexibility index (Phi) is 8.25. The number of carbonyl (C=O) groups excluding carboxylic acids is 1. The number of nitro benzene ring substituents is 1. The maximum absolute atomic E-state index is 12.6. The van der Waals surface area contributed by atoms with Gasteiger partial charge in [-0.1, -0.05) is 25.1 Å². The molecule has 1 N–H and O–H groups in total. The first-order chi connectivity index (χ1) is 16.0. The standard InChI is InChI=1S/C22H25N5O5S/c1-4-5-12-26-21(15-6-9-17(31-2)10-7-15)24-25-22(26)33-14-20(28)23-18-11-8-16(27(29)30)13-19(18)32-3/h6-11,13H,4-5,12,14H2,1-3H3,(H,23,28). The second-order valence-electron chi connectivity index (χ2n) is 7.02. The number of nitrogens with one attached hydrogen (secondary N) is 1. The predicted molar refractivity (Wildman–Crippen MR) is 126 cm³/mol. The Bertz CT molecular complexity index is 1120.